The molecule has 1 aromatic heterocycles. The van der Waals surface area contributed by atoms with Gasteiger partial charge in [0, 0.05) is 11.6 Å². The summed E-state index contributed by atoms with van der Waals surface area (Å²) in [7, 11) is 0. The maximum Gasteiger partial charge on any atom is 0.350 e. The third kappa shape index (κ3) is 4.00. The Morgan fingerprint density at radius 3 is 2.41 bits per heavy atom. The number of halogens is 1. The largest absolute Gasteiger partial charge is 0.462 e. The van der Waals surface area contributed by atoms with E-state index in [1.54, 1.807) is 6.92 Å². The quantitative estimate of drug-likeness (QED) is 0.529. The first-order valence-corrected chi connectivity index (χ1v) is 10.3. The molecule has 0 aliphatic heterocycles. The van der Waals surface area contributed by atoms with Crippen molar-refractivity contribution >= 4 is 39.9 Å². The summed E-state index contributed by atoms with van der Waals surface area (Å²) in [5.74, 6) is -1.53. The number of carbonyl (C=O) groups excluding carboxylic acids is 3. The van der Waals surface area contributed by atoms with E-state index in [1.807, 2.05) is 0 Å². The molecule has 0 atom stereocenters. The van der Waals surface area contributed by atoms with Crippen LogP contribution in [0.15, 0.2) is 24.3 Å². The maximum absolute atomic E-state index is 13.0. The van der Waals surface area contributed by atoms with Gasteiger partial charge in [-0.2, -0.15) is 0 Å². The van der Waals surface area contributed by atoms with Crippen molar-refractivity contribution in [1.82, 2.24) is 4.98 Å². The molecule has 2 aliphatic carbocycles. The highest BCUT2D eigenvalue weighted by Gasteiger charge is 2.56. The van der Waals surface area contributed by atoms with Gasteiger partial charge in [-0.3, -0.25) is 9.59 Å². The van der Waals surface area contributed by atoms with Gasteiger partial charge < -0.3 is 15.4 Å². The van der Waals surface area contributed by atoms with E-state index < -0.39 is 29.0 Å². The van der Waals surface area contributed by atoms with Crippen LogP contribution in [0.25, 0.3) is 0 Å². The summed E-state index contributed by atoms with van der Waals surface area (Å²) in [6, 6.07) is 5.35. The van der Waals surface area contributed by atoms with Crippen LogP contribution in [-0.2, 0) is 14.3 Å². The Kier molecular flexibility index (Phi) is 5.08. The SMILES string of the molecule is CCOC(=O)c1sc(NC(=O)C2(C(=O)Nc3ccc(F)cc3)CC2)nc1C1CC1. The van der Waals surface area contributed by atoms with E-state index >= 15 is 0 Å². The monoisotopic (exact) mass is 417 g/mol. The Labute approximate surface area is 170 Å². The van der Waals surface area contributed by atoms with Crippen LogP contribution >= 0.6 is 11.3 Å². The minimum atomic E-state index is -1.18. The number of carbonyl (C=O) groups is 3. The van der Waals surface area contributed by atoms with Crippen molar-refractivity contribution in [3.8, 4) is 0 Å². The minimum absolute atomic E-state index is 0.216. The normalized spacial score (nSPS) is 16.8. The average Bonchev–Trinajstić information content (AvgIpc) is 3.61. The van der Waals surface area contributed by atoms with Crippen molar-refractivity contribution in [3.05, 3.63) is 40.7 Å². The van der Waals surface area contributed by atoms with Crippen LogP contribution in [0.5, 0.6) is 0 Å². The highest BCUT2D eigenvalue weighted by molar-refractivity contribution is 7.17. The molecular formula is C20H20FN3O4S. The van der Waals surface area contributed by atoms with Gasteiger partial charge in [-0.1, -0.05) is 11.3 Å². The second-order valence-corrected chi connectivity index (χ2v) is 8.22. The van der Waals surface area contributed by atoms with Crippen LogP contribution in [0.1, 0.15) is 53.9 Å². The lowest BCUT2D eigenvalue weighted by molar-refractivity contribution is -0.131. The molecule has 1 aromatic carbocycles. The Hall–Kier alpha value is -2.81. The predicted octanol–water partition coefficient (Wildman–Crippen LogP) is 3.69. The number of nitrogens with one attached hydrogen (secondary N) is 2. The number of aromatic nitrogens is 1. The number of nitrogens with zero attached hydrogens (tertiary/aromatic N) is 1. The number of benzene rings is 1. The van der Waals surface area contributed by atoms with Crippen LogP contribution in [-0.4, -0.2) is 29.4 Å². The smallest absolute Gasteiger partial charge is 0.350 e. The molecule has 2 aromatic rings. The number of rotatable bonds is 7. The molecule has 1 heterocycles. The average molecular weight is 417 g/mol. The lowest BCUT2D eigenvalue weighted by atomic mass is 10.1. The molecule has 7 nitrogen and oxygen atoms in total. The standard InChI is InChI=1S/C20H20FN3O4S/c1-2-28-16(25)15-14(11-3-4-11)23-19(29-15)24-18(27)20(9-10-20)17(26)22-13-7-5-12(21)6-8-13/h5-8,11H,2-4,9-10H2,1H3,(H,22,26)(H,23,24,27). The van der Waals surface area contributed by atoms with Crippen molar-refractivity contribution in [2.75, 3.05) is 17.2 Å². The molecule has 0 spiro atoms. The first kappa shape index (κ1) is 19.5. The van der Waals surface area contributed by atoms with Gasteiger partial charge in [-0.15, -0.1) is 0 Å². The third-order valence-corrected chi connectivity index (χ3v) is 5.99. The van der Waals surface area contributed by atoms with Crippen LogP contribution in [0.3, 0.4) is 0 Å². The van der Waals surface area contributed by atoms with Crippen molar-refractivity contribution in [2.24, 2.45) is 5.41 Å². The lowest BCUT2D eigenvalue weighted by Crippen LogP contribution is -2.35. The van der Waals surface area contributed by atoms with Crippen LogP contribution in [0.2, 0.25) is 0 Å². The molecule has 0 radical (unpaired) electrons. The van der Waals surface area contributed by atoms with Gasteiger partial charge in [0.2, 0.25) is 11.8 Å². The van der Waals surface area contributed by atoms with Gasteiger partial charge in [0.15, 0.2) is 5.13 Å². The molecule has 0 unspecified atom stereocenters. The molecule has 29 heavy (non-hydrogen) atoms. The maximum atomic E-state index is 13.0. The number of hydrogen-bond donors (Lipinski definition) is 2. The molecule has 2 saturated carbocycles. The van der Waals surface area contributed by atoms with Gasteiger partial charge in [0.25, 0.3) is 0 Å². The number of thiazole rings is 1. The van der Waals surface area contributed by atoms with Gasteiger partial charge in [0.05, 0.1) is 12.3 Å². The van der Waals surface area contributed by atoms with Crippen molar-refractivity contribution in [3.63, 3.8) is 0 Å². The van der Waals surface area contributed by atoms with Crippen molar-refractivity contribution < 1.29 is 23.5 Å². The molecule has 0 saturated heterocycles. The Balaban J connectivity index is 1.47. The van der Waals surface area contributed by atoms with Gasteiger partial charge in [-0.25, -0.2) is 14.2 Å². The molecule has 2 fully saturated rings. The van der Waals surface area contributed by atoms with Gasteiger partial charge in [0.1, 0.15) is 16.1 Å². The minimum Gasteiger partial charge on any atom is -0.462 e. The predicted molar refractivity (Wildman–Crippen MR) is 105 cm³/mol. The van der Waals surface area contributed by atoms with E-state index in [0.717, 1.165) is 24.2 Å². The fraction of sp³-hybridized carbons (Fsp3) is 0.400. The molecule has 2 amide bonds. The number of amides is 2. The van der Waals surface area contributed by atoms with Crippen molar-refractivity contribution in [1.29, 1.82) is 0 Å². The molecule has 152 valence electrons. The number of esters is 1. The molecule has 2 N–H and O–H groups in total. The molecular weight excluding hydrogens is 397 g/mol. The molecule has 2 aliphatic rings. The number of ether oxygens (including phenoxy) is 1. The summed E-state index contributed by atoms with van der Waals surface area (Å²) in [6.07, 6.45) is 2.73. The zero-order chi connectivity index (χ0) is 20.6. The Morgan fingerprint density at radius 2 is 1.83 bits per heavy atom. The summed E-state index contributed by atoms with van der Waals surface area (Å²) in [4.78, 5) is 42.5. The first-order chi connectivity index (χ1) is 13.9. The van der Waals surface area contributed by atoms with Crippen LogP contribution in [0.4, 0.5) is 15.2 Å². The first-order valence-electron chi connectivity index (χ1n) is 9.49. The summed E-state index contributed by atoms with van der Waals surface area (Å²) in [5, 5.41) is 5.65. The van der Waals surface area contributed by atoms with E-state index in [1.165, 1.54) is 24.3 Å². The second-order valence-electron chi connectivity index (χ2n) is 7.23. The van der Waals surface area contributed by atoms with E-state index in [0.29, 0.717) is 34.2 Å². The molecule has 9 heteroatoms. The van der Waals surface area contributed by atoms with E-state index in [-0.39, 0.29) is 12.5 Å². The third-order valence-electron chi connectivity index (χ3n) is 5.02. The summed E-state index contributed by atoms with van der Waals surface area (Å²) < 4.78 is 18.1. The summed E-state index contributed by atoms with van der Waals surface area (Å²) >= 11 is 1.07. The van der Waals surface area contributed by atoms with E-state index in [4.69, 9.17) is 4.74 Å². The summed E-state index contributed by atoms with van der Waals surface area (Å²) in [5.41, 5.74) is -0.0983. The fourth-order valence-electron chi connectivity index (χ4n) is 3.04. The molecule has 4 rings (SSSR count). The van der Waals surface area contributed by atoms with Crippen LogP contribution in [0, 0.1) is 11.2 Å². The molecule has 0 bridgehead atoms. The van der Waals surface area contributed by atoms with E-state index in [2.05, 4.69) is 15.6 Å². The lowest BCUT2D eigenvalue weighted by Gasteiger charge is -2.14. The highest BCUT2D eigenvalue weighted by atomic mass is 32.1. The fourth-order valence-corrected chi connectivity index (χ4v) is 3.98. The van der Waals surface area contributed by atoms with Crippen molar-refractivity contribution in [2.45, 2.75) is 38.5 Å². The van der Waals surface area contributed by atoms with Gasteiger partial charge in [-0.05, 0) is 56.9 Å². The highest BCUT2D eigenvalue weighted by Crippen LogP contribution is 2.48. The summed E-state index contributed by atoms with van der Waals surface area (Å²) in [6.45, 7) is 1.99. The Morgan fingerprint density at radius 1 is 1.17 bits per heavy atom. The number of hydrogen-bond acceptors (Lipinski definition) is 6. The second kappa shape index (κ2) is 7.55. The van der Waals surface area contributed by atoms with E-state index in [9.17, 15) is 18.8 Å². The zero-order valence-corrected chi connectivity index (χ0v) is 16.6. The van der Waals surface area contributed by atoms with Crippen LogP contribution < -0.4 is 10.6 Å². The number of anilines is 2. The zero-order valence-electron chi connectivity index (χ0n) is 15.8. The topological polar surface area (TPSA) is 97.4 Å². The van der Waals surface area contributed by atoms with Gasteiger partial charge >= 0.3 is 5.97 Å². The Bertz CT molecular complexity index is 965.